The highest BCUT2D eigenvalue weighted by molar-refractivity contribution is 5.76. The summed E-state index contributed by atoms with van der Waals surface area (Å²) in [5.74, 6) is 0.434. The zero-order valence-corrected chi connectivity index (χ0v) is 15.0. The van der Waals surface area contributed by atoms with Gasteiger partial charge in [0.2, 0.25) is 0 Å². The zero-order chi connectivity index (χ0) is 18.5. The maximum absolute atomic E-state index is 12.3. The maximum atomic E-state index is 12.3. The summed E-state index contributed by atoms with van der Waals surface area (Å²) < 4.78 is 14.0. The van der Waals surface area contributed by atoms with Gasteiger partial charge in [-0.1, -0.05) is 30.3 Å². The number of nitrogens with zero attached hydrogens (tertiary/aromatic N) is 2. The molecule has 0 amide bonds. The molecule has 136 valence electrons. The Morgan fingerprint density at radius 1 is 1.00 bits per heavy atom. The molecule has 0 radical (unpaired) electrons. The Bertz CT molecular complexity index is 971. The second-order valence-electron chi connectivity index (χ2n) is 6.07. The van der Waals surface area contributed by atoms with Gasteiger partial charge >= 0.3 is 11.7 Å². The lowest BCUT2D eigenvalue weighted by molar-refractivity contribution is -0.144. The first-order valence-electron chi connectivity index (χ1n) is 8.56. The van der Waals surface area contributed by atoms with Gasteiger partial charge in [0.25, 0.3) is 0 Å². The molecular formula is C20H22N2O4. The van der Waals surface area contributed by atoms with E-state index in [1.54, 1.807) is 16.2 Å². The van der Waals surface area contributed by atoms with Gasteiger partial charge in [-0.3, -0.25) is 13.9 Å². The van der Waals surface area contributed by atoms with E-state index in [-0.39, 0.29) is 31.2 Å². The molecule has 2 aromatic carbocycles. The van der Waals surface area contributed by atoms with E-state index in [4.69, 9.17) is 9.47 Å². The fraction of sp³-hybridized carbons (Fsp3) is 0.300. The van der Waals surface area contributed by atoms with E-state index < -0.39 is 0 Å². The molecule has 0 spiro atoms. The third kappa shape index (κ3) is 3.79. The van der Waals surface area contributed by atoms with Crippen molar-refractivity contribution in [2.24, 2.45) is 7.05 Å². The molecule has 0 fully saturated rings. The molecule has 1 heterocycles. The number of fused-ring (bicyclic) bond motifs is 1. The van der Waals surface area contributed by atoms with Crippen molar-refractivity contribution in [2.45, 2.75) is 19.9 Å². The summed E-state index contributed by atoms with van der Waals surface area (Å²) in [6.45, 7) is 2.73. The molecule has 0 unspecified atom stereocenters. The first-order valence-corrected chi connectivity index (χ1v) is 8.56. The summed E-state index contributed by atoms with van der Waals surface area (Å²) in [7, 11) is 1.72. The fourth-order valence-electron chi connectivity index (χ4n) is 2.88. The summed E-state index contributed by atoms with van der Waals surface area (Å²) in [6.07, 6.45) is 0.137. The van der Waals surface area contributed by atoms with Crippen molar-refractivity contribution >= 4 is 17.0 Å². The molecule has 0 aliphatic carbocycles. The molecule has 3 aromatic rings. The van der Waals surface area contributed by atoms with E-state index in [0.29, 0.717) is 6.61 Å². The van der Waals surface area contributed by atoms with Crippen LogP contribution in [0, 0.1) is 6.92 Å². The van der Waals surface area contributed by atoms with Crippen LogP contribution in [-0.4, -0.2) is 28.3 Å². The van der Waals surface area contributed by atoms with Crippen LogP contribution >= 0.6 is 0 Å². The highest BCUT2D eigenvalue weighted by atomic mass is 16.6. The highest BCUT2D eigenvalue weighted by Crippen LogP contribution is 2.16. The molecule has 6 nitrogen and oxygen atoms in total. The number of aromatic nitrogens is 2. The van der Waals surface area contributed by atoms with E-state index in [2.05, 4.69) is 0 Å². The van der Waals surface area contributed by atoms with E-state index >= 15 is 0 Å². The largest absolute Gasteiger partial charge is 0.490 e. The fourth-order valence-corrected chi connectivity index (χ4v) is 2.88. The normalized spacial score (nSPS) is 10.8. The maximum Gasteiger partial charge on any atom is 0.328 e. The molecule has 0 bridgehead atoms. The molecule has 6 heteroatoms. The number of carbonyl (C=O) groups is 1. The smallest absolute Gasteiger partial charge is 0.328 e. The van der Waals surface area contributed by atoms with Gasteiger partial charge in [0.15, 0.2) is 0 Å². The average molecular weight is 354 g/mol. The van der Waals surface area contributed by atoms with Gasteiger partial charge in [0, 0.05) is 13.6 Å². The summed E-state index contributed by atoms with van der Waals surface area (Å²) in [6, 6.07) is 15.2. The van der Waals surface area contributed by atoms with Crippen molar-refractivity contribution < 1.29 is 14.3 Å². The Labute approximate surface area is 151 Å². The van der Waals surface area contributed by atoms with Crippen molar-refractivity contribution in [1.29, 1.82) is 0 Å². The molecule has 0 saturated carbocycles. The highest BCUT2D eigenvalue weighted by Gasteiger charge is 2.12. The minimum Gasteiger partial charge on any atom is -0.490 e. The van der Waals surface area contributed by atoms with Gasteiger partial charge in [-0.25, -0.2) is 4.79 Å². The predicted octanol–water partition coefficient (Wildman–Crippen LogP) is 2.66. The number of hydrogen-bond acceptors (Lipinski definition) is 4. The van der Waals surface area contributed by atoms with Crippen LogP contribution in [0.15, 0.2) is 53.3 Å². The number of hydrogen-bond donors (Lipinski definition) is 0. The van der Waals surface area contributed by atoms with Gasteiger partial charge in [0.05, 0.1) is 17.5 Å². The van der Waals surface area contributed by atoms with Crippen LogP contribution in [0.3, 0.4) is 0 Å². The third-order valence-electron chi connectivity index (χ3n) is 4.29. The van der Waals surface area contributed by atoms with Crippen molar-refractivity contribution in [2.75, 3.05) is 13.2 Å². The van der Waals surface area contributed by atoms with Crippen molar-refractivity contribution in [3.63, 3.8) is 0 Å². The number of imidazole rings is 1. The van der Waals surface area contributed by atoms with Crippen molar-refractivity contribution in [3.05, 3.63) is 64.6 Å². The Hall–Kier alpha value is -3.02. The number of benzene rings is 2. The Balaban J connectivity index is 1.50. The van der Waals surface area contributed by atoms with Gasteiger partial charge in [0.1, 0.15) is 19.0 Å². The standard InChI is InChI=1S/C20H22N2O4/c1-15-7-3-6-10-18(15)25-13-14-26-19(23)11-12-22-17-9-5-4-8-16(17)21(2)20(22)24/h3-10H,11-14H2,1-2H3. The average Bonchev–Trinajstić information content (AvgIpc) is 2.89. The number of carbonyl (C=O) groups excluding carboxylic acids is 1. The monoisotopic (exact) mass is 354 g/mol. The molecule has 0 N–H and O–H groups in total. The summed E-state index contributed by atoms with van der Waals surface area (Å²) in [5.41, 5.74) is 2.56. The van der Waals surface area contributed by atoms with Crippen LogP contribution in [0.5, 0.6) is 5.75 Å². The third-order valence-corrected chi connectivity index (χ3v) is 4.29. The number of aryl methyl sites for hydroxylation is 3. The number of ether oxygens (including phenoxy) is 2. The van der Waals surface area contributed by atoms with Crippen molar-refractivity contribution in [3.8, 4) is 5.75 Å². The number of para-hydroxylation sites is 3. The van der Waals surface area contributed by atoms with Crippen LogP contribution in [0.2, 0.25) is 0 Å². The van der Waals surface area contributed by atoms with Crippen LogP contribution < -0.4 is 10.4 Å². The molecule has 0 atom stereocenters. The van der Waals surface area contributed by atoms with E-state index in [9.17, 15) is 9.59 Å². The SMILES string of the molecule is Cc1ccccc1OCCOC(=O)CCn1c(=O)n(C)c2ccccc21. The zero-order valence-electron chi connectivity index (χ0n) is 15.0. The predicted molar refractivity (Wildman–Crippen MR) is 99.4 cm³/mol. The second-order valence-corrected chi connectivity index (χ2v) is 6.07. The Morgan fingerprint density at radius 3 is 2.46 bits per heavy atom. The lowest BCUT2D eigenvalue weighted by Gasteiger charge is -2.09. The van der Waals surface area contributed by atoms with Crippen LogP contribution in [-0.2, 0) is 23.1 Å². The molecule has 0 aliphatic heterocycles. The topological polar surface area (TPSA) is 62.5 Å². The molecular weight excluding hydrogens is 332 g/mol. The Kier molecular flexibility index (Phi) is 5.41. The van der Waals surface area contributed by atoms with Gasteiger partial charge in [-0.05, 0) is 30.7 Å². The first-order chi connectivity index (χ1) is 12.6. The molecule has 0 saturated heterocycles. The van der Waals surface area contributed by atoms with E-state index in [1.165, 1.54) is 0 Å². The molecule has 0 aliphatic rings. The summed E-state index contributed by atoms with van der Waals surface area (Å²) in [4.78, 5) is 24.3. The summed E-state index contributed by atoms with van der Waals surface area (Å²) >= 11 is 0. The van der Waals surface area contributed by atoms with Crippen LogP contribution in [0.1, 0.15) is 12.0 Å². The summed E-state index contributed by atoms with van der Waals surface area (Å²) in [5, 5.41) is 0. The lowest BCUT2D eigenvalue weighted by Crippen LogP contribution is -2.24. The quantitative estimate of drug-likeness (QED) is 0.483. The van der Waals surface area contributed by atoms with Crippen LogP contribution in [0.25, 0.3) is 11.0 Å². The van der Waals surface area contributed by atoms with Crippen molar-refractivity contribution in [1.82, 2.24) is 9.13 Å². The van der Waals surface area contributed by atoms with Crippen LogP contribution in [0.4, 0.5) is 0 Å². The van der Waals surface area contributed by atoms with E-state index in [0.717, 1.165) is 22.3 Å². The minimum atomic E-state index is -0.349. The molecule has 26 heavy (non-hydrogen) atoms. The molecule has 3 rings (SSSR count). The van der Waals surface area contributed by atoms with Gasteiger partial charge in [-0.2, -0.15) is 0 Å². The van der Waals surface area contributed by atoms with Gasteiger partial charge in [-0.15, -0.1) is 0 Å². The Morgan fingerprint density at radius 2 is 1.69 bits per heavy atom. The second kappa shape index (κ2) is 7.91. The van der Waals surface area contributed by atoms with Gasteiger partial charge < -0.3 is 9.47 Å². The minimum absolute atomic E-state index is 0.137. The number of esters is 1. The molecule has 1 aromatic heterocycles. The number of rotatable bonds is 7. The van der Waals surface area contributed by atoms with E-state index in [1.807, 2.05) is 55.5 Å². The first kappa shape index (κ1) is 17.8. The lowest BCUT2D eigenvalue weighted by atomic mass is 10.2.